The zero-order valence-corrected chi connectivity index (χ0v) is 24.3. The van der Waals surface area contributed by atoms with Gasteiger partial charge in [-0.15, -0.1) is 0 Å². The second-order valence-corrected chi connectivity index (χ2v) is 12.6. The third-order valence-corrected chi connectivity index (χ3v) is 8.61. The van der Waals surface area contributed by atoms with E-state index in [1.165, 1.54) is 44.4 Å². The smallest absolute Gasteiger partial charge is 0.273 e. The molecule has 0 spiro atoms. The number of nitrogens with one attached hydrogen (secondary N) is 1. The highest BCUT2D eigenvalue weighted by Crippen LogP contribution is 2.40. The van der Waals surface area contributed by atoms with Crippen LogP contribution < -0.4 is 19.1 Å². The molecular weight excluding hydrogens is 558 g/mol. The van der Waals surface area contributed by atoms with E-state index < -0.39 is 39.0 Å². The van der Waals surface area contributed by atoms with Crippen LogP contribution in [0.2, 0.25) is 5.02 Å². The number of nitro benzene ring substituents is 1. The summed E-state index contributed by atoms with van der Waals surface area (Å²) in [6.07, 6.45) is 0.451. The number of nitro groups is 1. The number of anilines is 1. The van der Waals surface area contributed by atoms with Crippen LogP contribution in [0.4, 0.5) is 11.4 Å². The molecule has 1 heterocycles. The van der Waals surface area contributed by atoms with E-state index in [4.69, 9.17) is 21.1 Å². The average molecular weight is 588 g/mol. The molecule has 0 radical (unpaired) electrons. The van der Waals surface area contributed by atoms with Gasteiger partial charge in [-0.3, -0.25) is 19.2 Å². The topological polar surface area (TPSA) is 128 Å². The number of methoxy groups -OCH3 is 1. The van der Waals surface area contributed by atoms with Crippen LogP contribution in [-0.2, 0) is 14.8 Å². The van der Waals surface area contributed by atoms with Crippen molar-refractivity contribution in [2.75, 3.05) is 18.0 Å². The van der Waals surface area contributed by atoms with Gasteiger partial charge in [0.05, 0.1) is 28.7 Å². The summed E-state index contributed by atoms with van der Waals surface area (Å²) in [6, 6.07) is 13.2. The quantitative estimate of drug-likeness (QED) is 0.273. The average Bonchev–Trinajstić information content (AvgIpc) is 2.87. The summed E-state index contributed by atoms with van der Waals surface area (Å²) < 4.78 is 40.3. The molecule has 0 aromatic heterocycles. The van der Waals surface area contributed by atoms with Crippen LogP contribution in [-0.4, -0.2) is 38.5 Å². The Kier molecular flexibility index (Phi) is 8.00. The number of fused-ring (bicyclic) bond motifs is 1. The summed E-state index contributed by atoms with van der Waals surface area (Å²) in [5.41, 5.74) is 1.14. The van der Waals surface area contributed by atoms with Gasteiger partial charge >= 0.3 is 0 Å². The molecule has 10 nitrogen and oxygen atoms in total. The van der Waals surface area contributed by atoms with Crippen molar-refractivity contribution >= 4 is 38.9 Å². The largest absolute Gasteiger partial charge is 0.495 e. The number of rotatable bonds is 8. The van der Waals surface area contributed by atoms with Gasteiger partial charge in [-0.2, -0.15) is 0 Å². The lowest BCUT2D eigenvalue weighted by Crippen LogP contribution is -2.45. The fourth-order valence-corrected chi connectivity index (χ4v) is 6.31. The highest BCUT2D eigenvalue weighted by Gasteiger charge is 2.36. The molecule has 3 aromatic rings. The lowest BCUT2D eigenvalue weighted by atomic mass is 9.89. The number of amides is 1. The van der Waals surface area contributed by atoms with Gasteiger partial charge in [0.1, 0.15) is 23.6 Å². The fraction of sp³-hybridized carbons (Fsp3) is 0.321. The molecule has 1 aliphatic heterocycles. The second-order valence-electron chi connectivity index (χ2n) is 10.3. The first-order valence-corrected chi connectivity index (χ1v) is 14.2. The maximum Gasteiger partial charge on any atom is 0.273 e. The Morgan fingerprint density at radius 3 is 2.58 bits per heavy atom. The molecule has 0 fully saturated rings. The third kappa shape index (κ3) is 6.00. The van der Waals surface area contributed by atoms with Crippen LogP contribution in [0.3, 0.4) is 0 Å². The van der Waals surface area contributed by atoms with Crippen LogP contribution >= 0.6 is 11.6 Å². The monoisotopic (exact) mass is 587 g/mol. The van der Waals surface area contributed by atoms with Gasteiger partial charge < -0.3 is 14.8 Å². The third-order valence-electron chi connectivity index (χ3n) is 6.62. The van der Waals surface area contributed by atoms with Crippen molar-refractivity contribution in [2.45, 2.75) is 50.7 Å². The molecule has 4 rings (SSSR count). The molecule has 1 atom stereocenters. The molecule has 40 heavy (non-hydrogen) atoms. The van der Waals surface area contributed by atoms with Crippen LogP contribution in [0.5, 0.6) is 11.5 Å². The van der Waals surface area contributed by atoms with Crippen LogP contribution in [0.1, 0.15) is 43.0 Å². The Labute approximate surface area is 238 Å². The minimum absolute atomic E-state index is 0.0110. The number of carbonyl (C=O) groups excluding carboxylic acids is 1. The highest BCUT2D eigenvalue weighted by atomic mass is 35.5. The Balaban J connectivity index is 1.76. The van der Waals surface area contributed by atoms with Crippen molar-refractivity contribution in [1.82, 2.24) is 5.32 Å². The van der Waals surface area contributed by atoms with E-state index >= 15 is 0 Å². The molecule has 1 amide bonds. The maximum atomic E-state index is 14.0. The first-order valence-electron chi connectivity index (χ1n) is 12.4. The lowest BCUT2D eigenvalue weighted by Gasteiger charge is -2.38. The fourth-order valence-electron chi connectivity index (χ4n) is 4.70. The van der Waals surface area contributed by atoms with Gasteiger partial charge in [-0.05, 0) is 58.0 Å². The first kappa shape index (κ1) is 29.2. The molecule has 3 aromatic carbocycles. The summed E-state index contributed by atoms with van der Waals surface area (Å²) in [5, 5.41) is 14.7. The Hall–Kier alpha value is -3.83. The van der Waals surface area contributed by atoms with E-state index in [0.29, 0.717) is 17.7 Å². The van der Waals surface area contributed by atoms with Gasteiger partial charge in [0.15, 0.2) is 0 Å². The zero-order chi connectivity index (χ0) is 29.4. The summed E-state index contributed by atoms with van der Waals surface area (Å²) in [6.45, 7) is 6.62. The van der Waals surface area contributed by atoms with E-state index in [1.54, 1.807) is 0 Å². The number of nitrogens with zero attached hydrogens (tertiary/aromatic N) is 2. The van der Waals surface area contributed by atoms with Crippen LogP contribution in [0, 0.1) is 24.0 Å². The van der Waals surface area contributed by atoms with E-state index in [1.807, 2.05) is 39.0 Å². The molecule has 1 aliphatic rings. The van der Waals surface area contributed by atoms with Crippen molar-refractivity contribution in [2.24, 2.45) is 0 Å². The molecule has 0 aliphatic carbocycles. The van der Waals surface area contributed by atoms with E-state index in [9.17, 15) is 23.3 Å². The number of ether oxygens (including phenoxy) is 2. The molecule has 0 saturated heterocycles. The van der Waals surface area contributed by atoms with Crippen molar-refractivity contribution in [3.63, 3.8) is 0 Å². The minimum Gasteiger partial charge on any atom is -0.495 e. The molecule has 0 bridgehead atoms. The zero-order valence-electron chi connectivity index (χ0n) is 22.7. The predicted octanol–water partition coefficient (Wildman–Crippen LogP) is 5.49. The number of aryl methyl sites for hydroxylation is 2. The van der Waals surface area contributed by atoms with Crippen molar-refractivity contribution < 1.29 is 27.6 Å². The van der Waals surface area contributed by atoms with Crippen LogP contribution in [0.25, 0.3) is 0 Å². The summed E-state index contributed by atoms with van der Waals surface area (Å²) >= 11 is 6.22. The second kappa shape index (κ2) is 11.0. The number of hydrogen-bond acceptors (Lipinski definition) is 7. The van der Waals surface area contributed by atoms with Gasteiger partial charge in [0.25, 0.3) is 15.7 Å². The number of hydrogen-bond donors (Lipinski definition) is 1. The molecular formula is C28H30ClN3O7S. The molecule has 212 valence electrons. The summed E-state index contributed by atoms with van der Waals surface area (Å²) in [7, 11) is -3.14. The summed E-state index contributed by atoms with van der Waals surface area (Å²) in [5.74, 6) is 0.193. The number of sulfonamides is 1. The Morgan fingerprint density at radius 2 is 1.90 bits per heavy atom. The van der Waals surface area contributed by atoms with Gasteiger partial charge in [0.2, 0.25) is 5.91 Å². The van der Waals surface area contributed by atoms with Crippen molar-refractivity contribution in [3.05, 3.63) is 86.4 Å². The van der Waals surface area contributed by atoms with E-state index in [-0.39, 0.29) is 27.0 Å². The van der Waals surface area contributed by atoms with Gasteiger partial charge in [-0.1, -0.05) is 35.4 Å². The lowest BCUT2D eigenvalue weighted by molar-refractivity contribution is -0.385. The van der Waals surface area contributed by atoms with Crippen molar-refractivity contribution in [1.29, 1.82) is 0 Å². The summed E-state index contributed by atoms with van der Waals surface area (Å²) in [4.78, 5) is 24.1. The molecule has 1 N–H and O–H groups in total. The molecule has 0 saturated carbocycles. The predicted molar refractivity (Wildman–Crippen MR) is 152 cm³/mol. The normalized spacial score (nSPS) is 15.9. The standard InChI is InChI=1S/C28H30ClN3O7S/c1-17-6-10-25-21(12-17)22(15-28(3,4)39-25)30-27(33)16-31(24-13-19(29)8-11-26(24)38-5)40(36,37)20-9-7-18(2)23(14-20)32(34)35/h6-14,22H,15-16H2,1-5H3,(H,30,33). The van der Waals surface area contributed by atoms with E-state index in [2.05, 4.69) is 5.32 Å². The maximum absolute atomic E-state index is 14.0. The molecule has 1 unspecified atom stereocenters. The number of benzene rings is 3. The van der Waals surface area contributed by atoms with Crippen LogP contribution in [0.15, 0.2) is 59.5 Å². The first-order chi connectivity index (χ1) is 18.7. The molecule has 12 heteroatoms. The van der Waals surface area contributed by atoms with Crippen molar-refractivity contribution in [3.8, 4) is 11.5 Å². The van der Waals surface area contributed by atoms with Gasteiger partial charge in [0, 0.05) is 28.6 Å². The highest BCUT2D eigenvalue weighted by molar-refractivity contribution is 7.92. The SMILES string of the molecule is COc1ccc(Cl)cc1N(CC(=O)NC1CC(C)(C)Oc2ccc(C)cc21)S(=O)(=O)c1ccc(C)c([N+](=O)[O-])c1. The Bertz CT molecular complexity index is 1590. The number of halogens is 1. The van der Waals surface area contributed by atoms with Gasteiger partial charge in [-0.25, -0.2) is 8.42 Å². The van der Waals surface area contributed by atoms with E-state index in [0.717, 1.165) is 21.5 Å². The Morgan fingerprint density at radius 1 is 1.18 bits per heavy atom. The number of carbonyl (C=O) groups is 1. The minimum atomic E-state index is -4.50.